The van der Waals surface area contributed by atoms with Crippen molar-refractivity contribution in [3.05, 3.63) is 35.8 Å². The summed E-state index contributed by atoms with van der Waals surface area (Å²) in [6, 6.07) is 6.10. The van der Waals surface area contributed by atoms with Gasteiger partial charge in [-0.2, -0.15) is 0 Å². The maximum absolute atomic E-state index is 13.3. The van der Waals surface area contributed by atoms with Crippen LogP contribution in [-0.4, -0.2) is 59.1 Å². The monoisotopic (exact) mass is 345 g/mol. The quantitative estimate of drug-likeness (QED) is 0.864. The molecule has 132 valence electrons. The predicted molar refractivity (Wildman–Crippen MR) is 89.9 cm³/mol. The first-order chi connectivity index (χ1) is 12.0. The normalized spacial score (nSPS) is 24.0. The van der Waals surface area contributed by atoms with Gasteiger partial charge in [0.15, 0.2) is 0 Å². The van der Waals surface area contributed by atoms with Crippen molar-refractivity contribution in [1.29, 1.82) is 0 Å². The van der Waals surface area contributed by atoms with Crippen LogP contribution >= 0.6 is 0 Å². The van der Waals surface area contributed by atoms with Crippen molar-refractivity contribution in [2.75, 3.05) is 26.7 Å². The van der Waals surface area contributed by atoms with Crippen LogP contribution in [0.25, 0.3) is 10.9 Å². The number of ether oxygens (including phenoxy) is 1. The molecule has 6 nitrogen and oxygen atoms in total. The van der Waals surface area contributed by atoms with E-state index in [4.69, 9.17) is 4.74 Å². The molecule has 0 saturated carbocycles. The molecule has 3 heterocycles. The van der Waals surface area contributed by atoms with Gasteiger partial charge in [-0.1, -0.05) is 0 Å². The number of nitrogens with zero attached hydrogens (tertiary/aromatic N) is 2. The van der Waals surface area contributed by atoms with Gasteiger partial charge in [-0.25, -0.2) is 9.18 Å². The highest BCUT2D eigenvalue weighted by Gasteiger charge is 2.44. The highest BCUT2D eigenvalue weighted by Crippen LogP contribution is 2.33. The topological polar surface area (TPSA) is 65.6 Å². The minimum Gasteiger partial charge on any atom is -0.441 e. The second kappa shape index (κ2) is 5.75. The molecular weight excluding hydrogens is 325 g/mol. The van der Waals surface area contributed by atoms with Crippen LogP contribution in [0.3, 0.4) is 0 Å². The molecule has 1 atom stereocenters. The number of H-pyrrole nitrogens is 1. The van der Waals surface area contributed by atoms with Crippen LogP contribution in [-0.2, 0) is 4.74 Å². The average molecular weight is 345 g/mol. The Balaban J connectivity index is 1.51. The number of hydrogen-bond donors (Lipinski definition) is 1. The van der Waals surface area contributed by atoms with Crippen LogP contribution in [0.15, 0.2) is 24.3 Å². The Bertz CT molecular complexity index is 849. The molecule has 2 aliphatic rings. The summed E-state index contributed by atoms with van der Waals surface area (Å²) in [5.41, 5.74) is 0.712. The number of halogens is 1. The first-order valence-corrected chi connectivity index (χ1v) is 8.47. The maximum Gasteiger partial charge on any atom is 0.410 e. The molecule has 1 unspecified atom stereocenters. The predicted octanol–water partition coefficient (Wildman–Crippen LogP) is 2.75. The summed E-state index contributed by atoms with van der Waals surface area (Å²) in [5.74, 6) is -0.430. The third-order valence-electron chi connectivity index (χ3n) is 5.14. The van der Waals surface area contributed by atoms with Gasteiger partial charge in [-0.15, -0.1) is 0 Å². The number of likely N-dealkylation sites (tertiary alicyclic amines) is 1. The Morgan fingerprint density at radius 2 is 2.12 bits per heavy atom. The summed E-state index contributed by atoms with van der Waals surface area (Å²) in [4.78, 5) is 31.0. The van der Waals surface area contributed by atoms with Crippen LogP contribution in [0.1, 0.15) is 29.8 Å². The molecule has 1 N–H and O–H groups in total. The van der Waals surface area contributed by atoms with Crippen LogP contribution in [0.2, 0.25) is 0 Å². The molecule has 0 bridgehead atoms. The van der Waals surface area contributed by atoms with Gasteiger partial charge in [0, 0.05) is 37.5 Å². The minimum absolute atomic E-state index is 0.105. The zero-order chi connectivity index (χ0) is 17.6. The standard InChI is InChI=1S/C18H20FN3O3/c1-21-11-18(25-17(21)24)5-2-7-22(8-6-18)16(23)15-10-12-9-13(19)3-4-14(12)20-15/h3-4,9-10,20H,2,5-8,11H2,1H3. The molecule has 2 fully saturated rings. The molecule has 0 aliphatic carbocycles. The number of nitrogens with one attached hydrogen (secondary N) is 1. The Kier molecular flexibility index (Phi) is 3.67. The van der Waals surface area contributed by atoms with Crippen molar-refractivity contribution in [3.8, 4) is 0 Å². The largest absolute Gasteiger partial charge is 0.441 e. The highest BCUT2D eigenvalue weighted by molar-refractivity contribution is 5.98. The molecular formula is C18H20FN3O3. The second-order valence-corrected chi connectivity index (χ2v) is 6.97. The van der Waals surface area contributed by atoms with E-state index in [9.17, 15) is 14.0 Å². The number of aromatic nitrogens is 1. The van der Waals surface area contributed by atoms with E-state index < -0.39 is 5.60 Å². The molecule has 1 aromatic carbocycles. The molecule has 1 spiro atoms. The van der Waals surface area contributed by atoms with Crippen LogP contribution < -0.4 is 0 Å². The number of aromatic amines is 1. The van der Waals surface area contributed by atoms with Gasteiger partial charge in [-0.05, 0) is 37.1 Å². The molecule has 0 radical (unpaired) electrons. The number of likely N-dealkylation sites (N-methyl/N-ethyl adjacent to an activating group) is 1. The summed E-state index contributed by atoms with van der Waals surface area (Å²) in [6.07, 6.45) is 1.87. The molecule has 2 saturated heterocycles. The molecule has 4 rings (SSSR count). The third-order valence-corrected chi connectivity index (χ3v) is 5.14. The lowest BCUT2D eigenvalue weighted by Crippen LogP contribution is -2.36. The first kappa shape index (κ1) is 15.9. The third kappa shape index (κ3) is 2.83. The number of rotatable bonds is 1. The van der Waals surface area contributed by atoms with E-state index in [1.165, 1.54) is 12.1 Å². The van der Waals surface area contributed by atoms with E-state index in [-0.39, 0.29) is 17.8 Å². The Hall–Kier alpha value is -2.57. The average Bonchev–Trinajstić information content (AvgIpc) is 3.03. The van der Waals surface area contributed by atoms with E-state index in [2.05, 4.69) is 4.98 Å². The van der Waals surface area contributed by atoms with Gasteiger partial charge >= 0.3 is 6.09 Å². The fraction of sp³-hybridized carbons (Fsp3) is 0.444. The number of hydrogen-bond acceptors (Lipinski definition) is 3. The molecule has 25 heavy (non-hydrogen) atoms. The molecule has 7 heteroatoms. The number of benzene rings is 1. The lowest BCUT2D eigenvalue weighted by Gasteiger charge is -2.25. The van der Waals surface area contributed by atoms with Crippen molar-refractivity contribution in [1.82, 2.24) is 14.8 Å². The Morgan fingerprint density at radius 3 is 2.88 bits per heavy atom. The van der Waals surface area contributed by atoms with Crippen molar-refractivity contribution >= 4 is 22.9 Å². The van der Waals surface area contributed by atoms with E-state index in [0.29, 0.717) is 37.1 Å². The van der Waals surface area contributed by atoms with Crippen molar-refractivity contribution in [2.45, 2.75) is 24.9 Å². The second-order valence-electron chi connectivity index (χ2n) is 6.97. The smallest absolute Gasteiger partial charge is 0.410 e. The van der Waals surface area contributed by atoms with E-state index >= 15 is 0 Å². The summed E-state index contributed by atoms with van der Waals surface area (Å²) < 4.78 is 18.9. The van der Waals surface area contributed by atoms with E-state index in [0.717, 1.165) is 18.4 Å². The molecule has 2 aliphatic heterocycles. The van der Waals surface area contributed by atoms with Crippen LogP contribution in [0.4, 0.5) is 9.18 Å². The van der Waals surface area contributed by atoms with Gasteiger partial charge in [0.05, 0.1) is 6.54 Å². The zero-order valence-electron chi connectivity index (χ0n) is 14.0. The first-order valence-electron chi connectivity index (χ1n) is 8.47. The summed E-state index contributed by atoms with van der Waals surface area (Å²) >= 11 is 0. The lowest BCUT2D eigenvalue weighted by molar-refractivity contribution is 0.0438. The minimum atomic E-state index is -0.482. The number of amides is 2. The maximum atomic E-state index is 13.3. The Labute approximate surface area is 144 Å². The van der Waals surface area contributed by atoms with Crippen molar-refractivity contribution in [2.24, 2.45) is 0 Å². The van der Waals surface area contributed by atoms with Crippen LogP contribution in [0, 0.1) is 5.82 Å². The molecule has 2 aromatic rings. The highest BCUT2D eigenvalue weighted by atomic mass is 19.1. The SMILES string of the molecule is CN1CC2(CCCN(C(=O)c3cc4cc(F)ccc4[nH]3)CC2)OC1=O. The number of carbonyl (C=O) groups excluding carboxylic acids is 2. The lowest BCUT2D eigenvalue weighted by atomic mass is 9.95. The summed E-state index contributed by atoms with van der Waals surface area (Å²) in [5, 5.41) is 0.681. The van der Waals surface area contributed by atoms with E-state index in [1.807, 2.05) is 0 Å². The Morgan fingerprint density at radius 1 is 1.28 bits per heavy atom. The van der Waals surface area contributed by atoms with Gasteiger partial charge in [0.25, 0.3) is 5.91 Å². The number of fused-ring (bicyclic) bond motifs is 1. The van der Waals surface area contributed by atoms with Crippen molar-refractivity contribution in [3.63, 3.8) is 0 Å². The van der Waals surface area contributed by atoms with Gasteiger partial charge in [0.1, 0.15) is 17.1 Å². The zero-order valence-corrected chi connectivity index (χ0v) is 14.0. The van der Waals surface area contributed by atoms with Gasteiger partial charge < -0.3 is 19.5 Å². The van der Waals surface area contributed by atoms with Gasteiger partial charge in [0.2, 0.25) is 0 Å². The molecule has 2 amide bonds. The summed E-state index contributed by atoms with van der Waals surface area (Å²) in [7, 11) is 1.73. The molecule has 1 aromatic heterocycles. The fourth-order valence-electron chi connectivity index (χ4n) is 3.81. The summed E-state index contributed by atoms with van der Waals surface area (Å²) in [6.45, 7) is 1.72. The number of carbonyl (C=O) groups is 2. The van der Waals surface area contributed by atoms with Crippen LogP contribution in [0.5, 0.6) is 0 Å². The van der Waals surface area contributed by atoms with Gasteiger partial charge in [-0.3, -0.25) is 4.79 Å². The van der Waals surface area contributed by atoms with E-state index in [1.54, 1.807) is 29.0 Å². The van der Waals surface area contributed by atoms with Crippen molar-refractivity contribution < 1.29 is 18.7 Å². The fourth-order valence-corrected chi connectivity index (χ4v) is 3.81.